The number of nitrogens with zero attached hydrogens (tertiary/aromatic N) is 1. The molecule has 0 heterocycles. The molecule has 0 radical (unpaired) electrons. The Hall–Kier alpha value is -3.25. The van der Waals surface area contributed by atoms with Crippen molar-refractivity contribution in [2.45, 2.75) is 13.0 Å². The molecule has 0 atom stereocenters. The van der Waals surface area contributed by atoms with Gasteiger partial charge in [-0.3, -0.25) is 9.59 Å². The van der Waals surface area contributed by atoms with Gasteiger partial charge in [0.05, 0.1) is 16.1 Å². The number of hydrogen-bond donors (Lipinski definition) is 2. The van der Waals surface area contributed by atoms with Crippen LogP contribution in [0.4, 0.5) is 24.5 Å². The molecule has 0 aliphatic heterocycles. The lowest BCUT2D eigenvalue weighted by Crippen LogP contribution is -2.21. The highest BCUT2D eigenvalue weighted by Gasteiger charge is 2.30. The van der Waals surface area contributed by atoms with Crippen molar-refractivity contribution in [2.75, 3.05) is 11.1 Å². The summed E-state index contributed by atoms with van der Waals surface area (Å²) in [4.78, 5) is 23.6. The van der Waals surface area contributed by atoms with E-state index in [0.29, 0.717) is 6.92 Å². The van der Waals surface area contributed by atoms with E-state index in [1.807, 2.05) is 5.32 Å². The molecule has 1 amide bonds. The van der Waals surface area contributed by atoms with Crippen LogP contribution >= 0.6 is 11.6 Å². The third kappa shape index (κ3) is 4.30. The Morgan fingerprint density at radius 2 is 2.07 bits per heavy atom. The summed E-state index contributed by atoms with van der Waals surface area (Å²) < 4.78 is 44.4. The van der Waals surface area contributed by atoms with Crippen molar-refractivity contribution in [1.29, 1.82) is 5.26 Å². The fraction of sp³-hybridized carbons (Fsp3) is 0.118. The minimum absolute atomic E-state index is 0.108. The number of anilines is 2. The Labute approximate surface area is 156 Å². The first-order valence-corrected chi connectivity index (χ1v) is 7.60. The number of carbonyl (C=O) groups excluding carboxylic acids is 2. The second kappa shape index (κ2) is 7.55. The van der Waals surface area contributed by atoms with Gasteiger partial charge in [-0.2, -0.15) is 14.0 Å². The first-order chi connectivity index (χ1) is 12.6. The molecule has 27 heavy (non-hydrogen) atoms. The number of amides is 1. The van der Waals surface area contributed by atoms with E-state index >= 15 is 0 Å². The van der Waals surface area contributed by atoms with Crippen LogP contribution in [0, 0.1) is 17.1 Å². The summed E-state index contributed by atoms with van der Waals surface area (Å²) >= 11 is 5.90. The Morgan fingerprint density at radius 1 is 1.41 bits per heavy atom. The van der Waals surface area contributed by atoms with Gasteiger partial charge in [0.1, 0.15) is 17.6 Å². The Bertz CT molecular complexity index is 969. The first-order valence-electron chi connectivity index (χ1n) is 7.22. The van der Waals surface area contributed by atoms with Crippen LogP contribution in [0.5, 0.6) is 5.75 Å². The topological polar surface area (TPSA) is 105 Å². The molecule has 0 aliphatic rings. The van der Waals surface area contributed by atoms with Crippen LogP contribution in [-0.4, -0.2) is 18.3 Å². The third-order valence-electron chi connectivity index (χ3n) is 3.33. The molecule has 2 aromatic carbocycles. The molecule has 140 valence electrons. The summed E-state index contributed by atoms with van der Waals surface area (Å²) in [6, 6.07) is 5.46. The third-order valence-corrected chi connectivity index (χ3v) is 3.66. The summed E-state index contributed by atoms with van der Waals surface area (Å²) in [5.74, 6) is -2.32. The SMILES string of the molecule is CC(F)(F)Oc1cc(N)c(C(=O)c2cc(F)ccc2Cl)c(C#N)c1NC=O. The molecular formula is C17H11ClF3N3O3. The fourth-order valence-electron chi connectivity index (χ4n) is 2.32. The number of nitrogens with one attached hydrogen (secondary N) is 1. The summed E-state index contributed by atoms with van der Waals surface area (Å²) in [6.45, 7) is 0.436. The monoisotopic (exact) mass is 397 g/mol. The highest BCUT2D eigenvalue weighted by molar-refractivity contribution is 6.35. The van der Waals surface area contributed by atoms with Gasteiger partial charge in [-0.25, -0.2) is 4.39 Å². The Balaban J connectivity index is 2.75. The van der Waals surface area contributed by atoms with Gasteiger partial charge in [0.2, 0.25) is 6.41 Å². The maximum Gasteiger partial charge on any atom is 0.394 e. The molecule has 3 N–H and O–H groups in total. The fourth-order valence-corrected chi connectivity index (χ4v) is 2.52. The highest BCUT2D eigenvalue weighted by Crippen LogP contribution is 2.39. The number of rotatable bonds is 6. The summed E-state index contributed by atoms with van der Waals surface area (Å²) in [5.41, 5.74) is 3.60. The molecule has 0 unspecified atom stereocenters. The lowest BCUT2D eigenvalue weighted by Gasteiger charge is -2.19. The highest BCUT2D eigenvalue weighted by atomic mass is 35.5. The van der Waals surface area contributed by atoms with E-state index in [2.05, 4.69) is 4.74 Å². The van der Waals surface area contributed by atoms with Gasteiger partial charge >= 0.3 is 6.11 Å². The normalized spacial score (nSPS) is 10.8. The predicted octanol–water partition coefficient (Wildman–Crippen LogP) is 3.72. The summed E-state index contributed by atoms with van der Waals surface area (Å²) in [7, 11) is 0. The van der Waals surface area contributed by atoms with Gasteiger partial charge < -0.3 is 15.8 Å². The van der Waals surface area contributed by atoms with Crippen molar-refractivity contribution >= 4 is 35.2 Å². The molecule has 0 aliphatic carbocycles. The van der Waals surface area contributed by atoms with E-state index in [0.717, 1.165) is 24.3 Å². The molecule has 2 rings (SSSR count). The standard InChI is InChI=1S/C17H11ClF3N3O3/c1-17(20,21)27-13-5-12(23)14(10(6-22)15(13)24-7-25)16(26)9-4-8(19)2-3-11(9)18/h2-5,7H,23H2,1H3,(H,24,25). The number of carbonyl (C=O) groups is 2. The lowest BCUT2D eigenvalue weighted by atomic mass is 9.95. The van der Waals surface area contributed by atoms with Crippen LogP contribution < -0.4 is 15.8 Å². The van der Waals surface area contributed by atoms with E-state index in [1.54, 1.807) is 6.07 Å². The second-order valence-corrected chi connectivity index (χ2v) is 5.73. The average molecular weight is 398 g/mol. The maximum absolute atomic E-state index is 13.5. The quantitative estimate of drug-likeness (QED) is 0.439. The van der Waals surface area contributed by atoms with Gasteiger partial charge in [0.15, 0.2) is 11.5 Å². The zero-order valence-electron chi connectivity index (χ0n) is 13.6. The Kier molecular flexibility index (Phi) is 5.61. The van der Waals surface area contributed by atoms with Crippen LogP contribution in [0.3, 0.4) is 0 Å². The van der Waals surface area contributed by atoms with Crippen LogP contribution in [0.15, 0.2) is 24.3 Å². The van der Waals surface area contributed by atoms with Gasteiger partial charge in [0, 0.05) is 24.2 Å². The van der Waals surface area contributed by atoms with Gasteiger partial charge in [-0.1, -0.05) is 11.6 Å². The van der Waals surface area contributed by atoms with Crippen molar-refractivity contribution in [2.24, 2.45) is 0 Å². The number of benzene rings is 2. The van der Waals surface area contributed by atoms with Crippen LogP contribution in [0.2, 0.25) is 5.02 Å². The van der Waals surface area contributed by atoms with Crippen LogP contribution in [0.1, 0.15) is 28.4 Å². The molecule has 0 fully saturated rings. The zero-order valence-corrected chi connectivity index (χ0v) is 14.4. The zero-order chi connectivity index (χ0) is 20.4. The lowest BCUT2D eigenvalue weighted by molar-refractivity contribution is -0.158. The van der Waals surface area contributed by atoms with Crippen molar-refractivity contribution in [3.63, 3.8) is 0 Å². The van der Waals surface area contributed by atoms with Gasteiger partial charge in [-0.05, 0) is 18.2 Å². The van der Waals surface area contributed by atoms with E-state index < -0.39 is 46.0 Å². The van der Waals surface area contributed by atoms with E-state index in [-0.39, 0.29) is 17.0 Å². The van der Waals surface area contributed by atoms with Gasteiger partial charge in [-0.15, -0.1) is 0 Å². The molecule has 6 nitrogen and oxygen atoms in total. The largest absolute Gasteiger partial charge is 0.430 e. The molecule has 0 aromatic heterocycles. The summed E-state index contributed by atoms with van der Waals surface area (Å²) in [5, 5.41) is 11.4. The van der Waals surface area contributed by atoms with E-state index in [4.69, 9.17) is 17.3 Å². The molecule has 2 aromatic rings. The van der Waals surface area contributed by atoms with E-state index in [1.165, 1.54) is 0 Å². The number of nitriles is 1. The van der Waals surface area contributed by atoms with Crippen molar-refractivity contribution in [3.8, 4) is 11.8 Å². The first kappa shape index (κ1) is 20.1. The molecule has 10 heteroatoms. The summed E-state index contributed by atoms with van der Waals surface area (Å²) in [6.07, 6.45) is -3.55. The number of halogens is 4. The number of alkyl halides is 2. The maximum atomic E-state index is 13.5. The number of ketones is 1. The number of nitrogens with two attached hydrogens (primary N) is 1. The predicted molar refractivity (Wildman–Crippen MR) is 91.3 cm³/mol. The molecule has 0 saturated carbocycles. The number of nitrogen functional groups attached to an aromatic ring is 1. The minimum Gasteiger partial charge on any atom is -0.430 e. The van der Waals surface area contributed by atoms with Gasteiger partial charge in [0.25, 0.3) is 0 Å². The number of hydrogen-bond acceptors (Lipinski definition) is 5. The average Bonchev–Trinajstić information content (AvgIpc) is 2.57. The Morgan fingerprint density at radius 3 is 2.63 bits per heavy atom. The second-order valence-electron chi connectivity index (χ2n) is 5.33. The minimum atomic E-state index is -3.66. The number of ether oxygens (including phenoxy) is 1. The van der Waals surface area contributed by atoms with Crippen LogP contribution in [-0.2, 0) is 4.79 Å². The smallest absolute Gasteiger partial charge is 0.394 e. The van der Waals surface area contributed by atoms with Crippen molar-refractivity contribution in [3.05, 3.63) is 51.8 Å². The van der Waals surface area contributed by atoms with Crippen LogP contribution in [0.25, 0.3) is 0 Å². The van der Waals surface area contributed by atoms with E-state index in [9.17, 15) is 28.0 Å². The molecular weight excluding hydrogens is 387 g/mol. The molecule has 0 spiro atoms. The molecule has 0 saturated heterocycles. The molecule has 0 bridgehead atoms. The van der Waals surface area contributed by atoms with Crippen molar-refractivity contribution in [1.82, 2.24) is 0 Å². The van der Waals surface area contributed by atoms with Crippen molar-refractivity contribution < 1.29 is 27.5 Å².